The van der Waals surface area contributed by atoms with Gasteiger partial charge in [-0.2, -0.15) is 23.4 Å². The summed E-state index contributed by atoms with van der Waals surface area (Å²) in [6.45, 7) is 0. The maximum Gasteiger partial charge on any atom is 0.320 e. The fourth-order valence-electron chi connectivity index (χ4n) is 6.21. The third-order valence-corrected chi connectivity index (χ3v) is 10.6. The zero-order chi connectivity index (χ0) is 38.1. The molecule has 0 radical (unpaired) electrons. The molecule has 54 heavy (non-hydrogen) atoms. The molecular weight excluding hydrogens is 771 g/mol. The van der Waals surface area contributed by atoms with Gasteiger partial charge >= 0.3 is 6.01 Å². The Labute approximate surface area is 313 Å². The smallest absolute Gasteiger partial charge is 0.320 e. The maximum atomic E-state index is 14.0. The van der Waals surface area contributed by atoms with Gasteiger partial charge in [0.1, 0.15) is 0 Å². The number of nitrogens with one attached hydrogen (secondary N) is 3. The molecule has 2 atom stereocenters. The van der Waals surface area contributed by atoms with Gasteiger partial charge in [0.2, 0.25) is 11.9 Å². The topological polar surface area (TPSA) is 264 Å². The first-order valence-electron chi connectivity index (χ1n) is 15.3. The molecule has 278 valence electrons. The highest BCUT2D eigenvalue weighted by atomic mass is 32.2. The van der Waals surface area contributed by atoms with Crippen LogP contribution < -0.4 is 16.0 Å². The van der Waals surface area contributed by atoms with Crippen LogP contribution in [0.4, 0.5) is 29.0 Å². The average Bonchev–Trinajstić information content (AvgIpc) is 3.14. The van der Waals surface area contributed by atoms with Crippen molar-refractivity contribution in [3.05, 3.63) is 101 Å². The van der Waals surface area contributed by atoms with E-state index in [-0.39, 0.29) is 34.2 Å². The number of aromatic nitrogens is 3. The number of rotatable bonds is 13. The lowest BCUT2D eigenvalue weighted by Gasteiger charge is -2.43. The minimum Gasteiger partial charge on any atom is -0.479 e. The van der Waals surface area contributed by atoms with Crippen LogP contribution in [0.15, 0.2) is 105 Å². The molecule has 2 heterocycles. The lowest BCUT2D eigenvalue weighted by Crippen LogP contribution is -2.44. The molecule has 0 spiro atoms. The lowest BCUT2D eigenvalue weighted by atomic mass is 9.66. The summed E-state index contributed by atoms with van der Waals surface area (Å²) in [7, 11) is -2.97. The number of hydrogen-bond acceptors (Lipinski definition) is 19. The van der Waals surface area contributed by atoms with Crippen LogP contribution in [0.1, 0.15) is 15.9 Å². The first-order valence-corrected chi connectivity index (χ1v) is 18.2. The van der Waals surface area contributed by atoms with Crippen molar-refractivity contribution in [3.8, 4) is 6.01 Å². The van der Waals surface area contributed by atoms with E-state index in [4.69, 9.17) is 14.8 Å². The van der Waals surface area contributed by atoms with Crippen molar-refractivity contribution in [1.29, 1.82) is 0 Å². The van der Waals surface area contributed by atoms with E-state index in [0.717, 1.165) is 17.7 Å². The number of nitrogens with zero attached hydrogens (tertiary/aromatic N) is 4. The molecule has 1 amide bonds. The fraction of sp³-hybridized carbons (Fsp3) is 0.0938. The number of fused-ring (bicyclic) bond motifs is 2. The number of anilines is 5. The summed E-state index contributed by atoms with van der Waals surface area (Å²) in [5, 5.41) is 44.2. The maximum absolute atomic E-state index is 14.0. The van der Waals surface area contributed by atoms with Crippen molar-refractivity contribution < 1.29 is 56.9 Å². The molecule has 1 aliphatic heterocycles. The number of ketones is 1. The molecule has 0 saturated carbocycles. The van der Waals surface area contributed by atoms with E-state index in [1.54, 1.807) is 55.6 Å². The summed E-state index contributed by atoms with van der Waals surface area (Å²) in [4.78, 5) is 40.3. The Bertz CT molecular complexity index is 2390. The van der Waals surface area contributed by atoms with Crippen LogP contribution in [0.25, 0.3) is 5.57 Å². The summed E-state index contributed by atoms with van der Waals surface area (Å²) < 4.78 is 42.2. The van der Waals surface area contributed by atoms with Crippen molar-refractivity contribution in [2.24, 2.45) is 11.8 Å². The van der Waals surface area contributed by atoms with Gasteiger partial charge in [0.05, 0.1) is 56.1 Å². The largest absolute Gasteiger partial charge is 0.479 e. The summed E-state index contributed by atoms with van der Waals surface area (Å²) in [5.74, 6) is -1.94. The molecule has 2 aliphatic carbocycles. The molecule has 19 nitrogen and oxygen atoms in total. The molecule has 4 aromatic rings. The second-order valence-corrected chi connectivity index (χ2v) is 14.4. The number of amides is 1. The molecule has 7 N–H and O–H groups in total. The van der Waals surface area contributed by atoms with Gasteiger partial charge in [0, 0.05) is 41.7 Å². The molecule has 0 bridgehead atoms. The Morgan fingerprint density at radius 1 is 0.796 bits per heavy atom. The standard InChI is InChI=1S/C32H25N7O12S3/c1-39-23-10-9-21(28-27(23)19(14-26(39)40)17-4-2-3-5-18(17)29(28)41)34-20-8-6-15(12-25(20)53-51-49-44)33-30-36-31(38-32(42)37-30)35-22-13-16(54(45,46)47)7-11-24(22)52-50-48-43/h2-14,27-28,34,43-44H,1H3,(H,45,46,47)(H3,33,35,36,37,38,42). The predicted octanol–water partition coefficient (Wildman–Crippen LogP) is 5.35. The van der Waals surface area contributed by atoms with E-state index in [1.165, 1.54) is 11.0 Å². The van der Waals surface area contributed by atoms with Crippen LogP contribution in [-0.4, -0.2) is 67.2 Å². The highest BCUT2D eigenvalue weighted by molar-refractivity contribution is 7.95. The molecule has 2 unspecified atom stereocenters. The summed E-state index contributed by atoms with van der Waals surface area (Å²) in [6.07, 6.45) is 5.09. The number of allylic oxidation sites excluding steroid dienone is 4. The molecule has 3 aliphatic rings. The van der Waals surface area contributed by atoms with Gasteiger partial charge in [-0.1, -0.05) is 34.3 Å². The quantitative estimate of drug-likeness (QED) is 0.0389. The molecule has 7 rings (SSSR count). The zero-order valence-electron chi connectivity index (χ0n) is 27.2. The Hall–Kier alpha value is -5.40. The predicted molar refractivity (Wildman–Crippen MR) is 190 cm³/mol. The monoisotopic (exact) mass is 795 g/mol. The average molecular weight is 796 g/mol. The van der Waals surface area contributed by atoms with Gasteiger partial charge < -0.3 is 26.0 Å². The van der Waals surface area contributed by atoms with Crippen LogP contribution in [-0.2, 0) is 33.7 Å². The van der Waals surface area contributed by atoms with E-state index in [2.05, 4.69) is 45.3 Å². The molecular formula is C32H25N7O12S3. The van der Waals surface area contributed by atoms with Crippen molar-refractivity contribution >= 4 is 80.4 Å². The van der Waals surface area contributed by atoms with Gasteiger partial charge in [0.25, 0.3) is 16.0 Å². The number of carbonyl (C=O) groups is 2. The van der Waals surface area contributed by atoms with E-state index in [1.807, 2.05) is 12.1 Å². The van der Waals surface area contributed by atoms with Crippen LogP contribution in [0.5, 0.6) is 6.01 Å². The minimum atomic E-state index is -4.63. The summed E-state index contributed by atoms with van der Waals surface area (Å²) in [5.41, 5.74) is 3.89. The lowest BCUT2D eigenvalue weighted by molar-refractivity contribution is -0.432. The fourth-order valence-corrected chi connectivity index (χ4v) is 7.63. The zero-order valence-corrected chi connectivity index (χ0v) is 29.7. The van der Waals surface area contributed by atoms with E-state index in [0.29, 0.717) is 62.9 Å². The van der Waals surface area contributed by atoms with Crippen LogP contribution in [0.2, 0.25) is 0 Å². The van der Waals surface area contributed by atoms with Crippen LogP contribution in [0.3, 0.4) is 0 Å². The Morgan fingerprint density at radius 3 is 2.22 bits per heavy atom. The second-order valence-electron chi connectivity index (χ2n) is 11.5. The van der Waals surface area contributed by atoms with E-state index >= 15 is 0 Å². The first kappa shape index (κ1) is 36.9. The Morgan fingerprint density at radius 2 is 1.50 bits per heavy atom. The van der Waals surface area contributed by atoms with Gasteiger partial charge in [0.15, 0.2) is 5.78 Å². The van der Waals surface area contributed by atoms with Crippen LogP contribution in [0, 0.1) is 11.8 Å². The van der Waals surface area contributed by atoms with Crippen molar-refractivity contribution in [3.63, 3.8) is 0 Å². The normalized spacial score (nSPS) is 17.6. The Kier molecular flexibility index (Phi) is 10.4. The number of likely N-dealkylation sites (N-methyl/N-ethyl adjacent to an activating group) is 1. The third-order valence-electron chi connectivity index (χ3n) is 8.48. The van der Waals surface area contributed by atoms with Gasteiger partial charge in [-0.25, -0.2) is 10.5 Å². The Balaban J connectivity index is 1.18. The number of Topliss-reactive ketones (excluding diaryl/α,β-unsaturated/α-hetero) is 1. The van der Waals surface area contributed by atoms with Gasteiger partial charge in [-0.05, 0) is 59.7 Å². The first-order chi connectivity index (χ1) is 25.9. The number of aromatic hydroxyl groups is 1. The molecule has 22 heteroatoms. The molecule has 1 aromatic heterocycles. The number of hydrogen-bond donors (Lipinski definition) is 7. The summed E-state index contributed by atoms with van der Waals surface area (Å²) in [6, 6.07) is 14.5. The van der Waals surface area contributed by atoms with Crippen molar-refractivity contribution in [2.75, 3.05) is 23.0 Å². The molecule has 3 aromatic carbocycles. The van der Waals surface area contributed by atoms with E-state index in [9.17, 15) is 27.7 Å². The van der Waals surface area contributed by atoms with Crippen LogP contribution >= 0.6 is 24.1 Å². The second kappa shape index (κ2) is 15.2. The minimum absolute atomic E-state index is 0.0352. The number of benzene rings is 3. The molecule has 0 saturated heterocycles. The molecule has 0 fully saturated rings. The highest BCUT2D eigenvalue weighted by Crippen LogP contribution is 2.50. The van der Waals surface area contributed by atoms with Gasteiger partial charge in [-0.15, -0.1) is 8.67 Å². The number of carbonyl (C=O) groups excluding carboxylic acids is 2. The van der Waals surface area contributed by atoms with E-state index < -0.39 is 32.9 Å². The SMILES string of the molecule is CN1C(=O)C=C2c3ccccc3C(=O)C3C(Nc4ccc(Nc5nc(O)nc(Nc6cc(S(=O)(=O)O)ccc6SOOO)n5)cc4SOOO)=CC=C1C23. The van der Waals surface area contributed by atoms with Crippen molar-refractivity contribution in [1.82, 2.24) is 19.9 Å². The summed E-state index contributed by atoms with van der Waals surface area (Å²) >= 11 is 1.10. The van der Waals surface area contributed by atoms with Crippen molar-refractivity contribution in [2.45, 2.75) is 14.7 Å². The highest BCUT2D eigenvalue weighted by Gasteiger charge is 2.47. The third kappa shape index (κ3) is 7.38. The van der Waals surface area contributed by atoms with Gasteiger partial charge in [-0.3, -0.25) is 14.1 Å².